The average molecular weight is 289 g/mol. The van der Waals surface area contributed by atoms with Gasteiger partial charge in [0.25, 0.3) is 5.91 Å². The van der Waals surface area contributed by atoms with Crippen molar-refractivity contribution in [1.82, 2.24) is 0 Å². The number of fused-ring (bicyclic) bond motifs is 1. The summed E-state index contributed by atoms with van der Waals surface area (Å²) in [7, 11) is -1.68. The van der Waals surface area contributed by atoms with Crippen molar-refractivity contribution in [3.63, 3.8) is 0 Å². The highest BCUT2D eigenvalue weighted by atomic mass is 35.5. The highest BCUT2D eigenvalue weighted by Crippen LogP contribution is 2.34. The molecule has 0 aliphatic carbocycles. The van der Waals surface area contributed by atoms with Crippen LogP contribution in [0.3, 0.4) is 0 Å². The zero-order chi connectivity index (χ0) is 14.3. The van der Waals surface area contributed by atoms with Gasteiger partial charge >= 0.3 is 7.12 Å². The van der Waals surface area contributed by atoms with E-state index < -0.39 is 7.12 Å². The van der Waals surface area contributed by atoms with Gasteiger partial charge in [0.05, 0.1) is 5.57 Å². The van der Waals surface area contributed by atoms with Gasteiger partial charge in [-0.3, -0.25) is 4.79 Å². The Labute approximate surface area is 119 Å². The molecule has 2 heterocycles. The van der Waals surface area contributed by atoms with E-state index in [-0.39, 0.29) is 11.6 Å². The SMILES string of the molecule is O=C1Nc2ccc(Cl)cc2/C1=C/c1ccc(B(O)O)o1. The van der Waals surface area contributed by atoms with Gasteiger partial charge in [-0.05, 0) is 36.4 Å². The number of carbonyl (C=O) groups is 1. The predicted octanol–water partition coefficient (Wildman–Crippen LogP) is 1.11. The Morgan fingerprint density at radius 2 is 2.05 bits per heavy atom. The number of anilines is 1. The largest absolute Gasteiger partial charge is 0.526 e. The molecule has 20 heavy (non-hydrogen) atoms. The molecule has 0 spiro atoms. The lowest BCUT2D eigenvalue weighted by atomic mass is 9.88. The molecular formula is C13H9BClNO4. The Balaban J connectivity index is 2.03. The summed E-state index contributed by atoms with van der Waals surface area (Å²) in [5.41, 5.74) is 1.79. The Kier molecular flexibility index (Phi) is 3.14. The normalized spacial score (nSPS) is 15.3. The van der Waals surface area contributed by atoms with Gasteiger partial charge in [-0.2, -0.15) is 0 Å². The second-order valence-electron chi connectivity index (χ2n) is 4.32. The van der Waals surface area contributed by atoms with E-state index in [1.807, 2.05) is 0 Å². The Bertz CT molecular complexity index is 723. The number of rotatable bonds is 2. The molecule has 3 rings (SSSR count). The molecule has 1 aromatic heterocycles. The summed E-state index contributed by atoms with van der Waals surface area (Å²) in [5.74, 6) is 0.0934. The first-order chi connectivity index (χ1) is 9.54. The first-order valence-electron chi connectivity index (χ1n) is 5.83. The van der Waals surface area contributed by atoms with E-state index in [2.05, 4.69) is 5.32 Å². The molecule has 0 radical (unpaired) electrons. The number of nitrogens with one attached hydrogen (secondary N) is 1. The van der Waals surface area contributed by atoms with Crippen molar-refractivity contribution in [2.75, 3.05) is 5.32 Å². The molecule has 1 aliphatic heterocycles. The highest BCUT2D eigenvalue weighted by Gasteiger charge is 2.25. The van der Waals surface area contributed by atoms with E-state index in [0.717, 1.165) is 0 Å². The summed E-state index contributed by atoms with van der Waals surface area (Å²) in [6.07, 6.45) is 1.53. The number of amides is 1. The predicted molar refractivity (Wildman–Crippen MR) is 76.5 cm³/mol. The second-order valence-corrected chi connectivity index (χ2v) is 4.75. The van der Waals surface area contributed by atoms with Crippen molar-refractivity contribution < 1.29 is 19.3 Å². The average Bonchev–Trinajstić information content (AvgIpc) is 2.97. The lowest BCUT2D eigenvalue weighted by molar-refractivity contribution is -0.110. The van der Waals surface area contributed by atoms with Crippen LogP contribution in [0.25, 0.3) is 11.6 Å². The number of carbonyl (C=O) groups excluding carboxylic acids is 1. The minimum Gasteiger partial charge on any atom is -0.465 e. The summed E-state index contributed by atoms with van der Waals surface area (Å²) < 4.78 is 5.21. The van der Waals surface area contributed by atoms with Crippen LogP contribution in [-0.2, 0) is 4.79 Å². The molecule has 100 valence electrons. The van der Waals surface area contributed by atoms with Crippen molar-refractivity contribution >= 4 is 47.6 Å². The van der Waals surface area contributed by atoms with Gasteiger partial charge in [0.15, 0.2) is 0 Å². The first-order valence-corrected chi connectivity index (χ1v) is 6.21. The lowest BCUT2D eigenvalue weighted by Gasteiger charge is -1.98. The second kappa shape index (κ2) is 4.83. The molecule has 0 fully saturated rings. The van der Waals surface area contributed by atoms with Crippen LogP contribution in [0, 0.1) is 0 Å². The molecule has 0 bridgehead atoms. The molecule has 1 aliphatic rings. The van der Waals surface area contributed by atoms with Gasteiger partial charge in [0.1, 0.15) is 11.4 Å². The maximum atomic E-state index is 11.9. The summed E-state index contributed by atoms with van der Waals surface area (Å²) in [5, 5.41) is 21.2. The van der Waals surface area contributed by atoms with Gasteiger partial charge in [0.2, 0.25) is 0 Å². The van der Waals surface area contributed by atoms with Crippen LogP contribution in [0.1, 0.15) is 11.3 Å². The van der Waals surface area contributed by atoms with Crippen LogP contribution in [0.15, 0.2) is 34.7 Å². The maximum absolute atomic E-state index is 11.9. The number of furan rings is 1. The van der Waals surface area contributed by atoms with Crippen molar-refractivity contribution in [2.45, 2.75) is 0 Å². The molecule has 7 heteroatoms. The minimum absolute atomic E-state index is 0.0153. The quantitative estimate of drug-likeness (QED) is 0.571. The summed E-state index contributed by atoms with van der Waals surface area (Å²) >= 11 is 5.93. The summed E-state index contributed by atoms with van der Waals surface area (Å²) in [6, 6.07) is 8.09. The monoisotopic (exact) mass is 289 g/mol. The fourth-order valence-electron chi connectivity index (χ4n) is 2.03. The van der Waals surface area contributed by atoms with Gasteiger partial charge in [-0.25, -0.2) is 0 Å². The molecule has 5 nitrogen and oxygen atoms in total. The summed E-state index contributed by atoms with van der Waals surface area (Å²) in [4.78, 5) is 11.9. The fraction of sp³-hybridized carbons (Fsp3) is 0. The fourth-order valence-corrected chi connectivity index (χ4v) is 2.20. The lowest BCUT2D eigenvalue weighted by Crippen LogP contribution is -2.27. The molecule has 0 saturated heterocycles. The third kappa shape index (κ3) is 2.25. The number of hydrogen-bond acceptors (Lipinski definition) is 4. The highest BCUT2D eigenvalue weighted by molar-refractivity contribution is 6.57. The van der Waals surface area contributed by atoms with E-state index in [4.69, 9.17) is 26.1 Å². The van der Waals surface area contributed by atoms with Crippen molar-refractivity contribution in [3.05, 3.63) is 46.7 Å². The molecule has 1 amide bonds. The Hall–Kier alpha value is -2.02. The van der Waals surface area contributed by atoms with Crippen LogP contribution in [0.4, 0.5) is 5.69 Å². The zero-order valence-electron chi connectivity index (χ0n) is 10.1. The van der Waals surface area contributed by atoms with Crippen molar-refractivity contribution in [1.29, 1.82) is 0 Å². The van der Waals surface area contributed by atoms with E-state index in [1.165, 1.54) is 12.1 Å². The number of benzene rings is 1. The third-order valence-corrected chi connectivity index (χ3v) is 3.19. The van der Waals surface area contributed by atoms with Crippen LogP contribution in [0.5, 0.6) is 0 Å². The number of halogens is 1. The topological polar surface area (TPSA) is 82.7 Å². The molecule has 3 N–H and O–H groups in total. The van der Waals surface area contributed by atoms with Crippen LogP contribution in [-0.4, -0.2) is 23.1 Å². The Morgan fingerprint density at radius 3 is 2.75 bits per heavy atom. The summed E-state index contributed by atoms with van der Waals surface area (Å²) in [6.45, 7) is 0. The Morgan fingerprint density at radius 1 is 1.25 bits per heavy atom. The molecule has 2 aromatic rings. The minimum atomic E-state index is -1.68. The maximum Gasteiger partial charge on any atom is 0.526 e. The molecular weight excluding hydrogens is 280 g/mol. The standard InChI is InChI=1S/C13H9BClNO4/c15-7-1-3-11-9(5-7)10(13(17)16-11)6-8-2-4-12(20-8)14(18)19/h1-6,18-19H,(H,16,17)/b10-6-. The molecule has 1 aromatic carbocycles. The molecule has 0 atom stereocenters. The van der Waals surface area contributed by atoms with E-state index >= 15 is 0 Å². The molecule has 0 saturated carbocycles. The van der Waals surface area contributed by atoms with Gasteiger partial charge < -0.3 is 19.8 Å². The third-order valence-electron chi connectivity index (χ3n) is 2.95. The zero-order valence-corrected chi connectivity index (χ0v) is 10.9. The van der Waals surface area contributed by atoms with Crippen LogP contribution < -0.4 is 11.0 Å². The smallest absolute Gasteiger partial charge is 0.465 e. The van der Waals surface area contributed by atoms with Crippen LogP contribution in [0.2, 0.25) is 5.02 Å². The van der Waals surface area contributed by atoms with Crippen molar-refractivity contribution in [3.8, 4) is 0 Å². The van der Waals surface area contributed by atoms with Gasteiger partial charge in [-0.15, -0.1) is 0 Å². The molecule has 0 unspecified atom stereocenters. The number of hydrogen-bond donors (Lipinski definition) is 3. The van der Waals surface area contributed by atoms with Gasteiger partial charge in [-0.1, -0.05) is 11.6 Å². The van der Waals surface area contributed by atoms with E-state index in [0.29, 0.717) is 27.6 Å². The van der Waals surface area contributed by atoms with E-state index in [9.17, 15) is 4.79 Å². The van der Waals surface area contributed by atoms with Crippen molar-refractivity contribution in [2.24, 2.45) is 0 Å². The van der Waals surface area contributed by atoms with Crippen LogP contribution >= 0.6 is 11.6 Å². The first kappa shape index (κ1) is 13.0. The van der Waals surface area contributed by atoms with Gasteiger partial charge in [0, 0.05) is 16.3 Å². The van der Waals surface area contributed by atoms with E-state index in [1.54, 1.807) is 24.3 Å².